The van der Waals surface area contributed by atoms with E-state index in [1.807, 2.05) is 42.5 Å². The van der Waals surface area contributed by atoms with E-state index in [-0.39, 0.29) is 18.4 Å². The van der Waals surface area contributed by atoms with Gasteiger partial charge < -0.3 is 16.4 Å². The molecule has 3 aromatic carbocycles. The summed E-state index contributed by atoms with van der Waals surface area (Å²) in [5.74, 6) is -2.23. The van der Waals surface area contributed by atoms with Gasteiger partial charge in [-0.3, -0.25) is 14.4 Å². The molecule has 0 fully saturated rings. The van der Waals surface area contributed by atoms with Crippen molar-refractivity contribution in [1.82, 2.24) is 10.6 Å². The summed E-state index contributed by atoms with van der Waals surface area (Å²) in [4.78, 5) is 36.6. The lowest BCUT2D eigenvalue weighted by Gasteiger charge is -2.22. The summed E-state index contributed by atoms with van der Waals surface area (Å²) in [7, 11) is 0. The number of nitrogens with two attached hydrogens (primary N) is 1. The van der Waals surface area contributed by atoms with E-state index in [0.29, 0.717) is 0 Å². The zero-order valence-electron chi connectivity index (χ0n) is 17.1. The van der Waals surface area contributed by atoms with Gasteiger partial charge in [-0.25, -0.2) is 4.39 Å². The lowest BCUT2D eigenvalue weighted by Crippen LogP contribution is -2.54. The van der Waals surface area contributed by atoms with E-state index in [9.17, 15) is 18.8 Å². The summed E-state index contributed by atoms with van der Waals surface area (Å²) in [6.07, 6.45) is 0.132. The van der Waals surface area contributed by atoms with Crippen molar-refractivity contribution in [3.05, 3.63) is 83.7 Å². The first kappa shape index (κ1) is 22.0. The van der Waals surface area contributed by atoms with Crippen molar-refractivity contribution in [3.8, 4) is 0 Å². The normalized spacial score (nSPS) is 12.7. The number of halogens is 1. The van der Waals surface area contributed by atoms with Crippen molar-refractivity contribution < 1.29 is 18.8 Å². The van der Waals surface area contributed by atoms with Crippen LogP contribution in [0.2, 0.25) is 0 Å². The van der Waals surface area contributed by atoms with Gasteiger partial charge in [-0.1, -0.05) is 60.7 Å². The van der Waals surface area contributed by atoms with E-state index in [4.69, 9.17) is 5.73 Å². The smallest absolute Gasteiger partial charge is 0.243 e. The molecule has 3 aromatic rings. The SMILES string of the molecule is CC(=O)N[C@@H](Cc1ccccc1F)C(=O)N[C@H](Cc1cccc2ccccc12)C(N)=O. The van der Waals surface area contributed by atoms with Gasteiger partial charge in [-0.2, -0.15) is 0 Å². The van der Waals surface area contributed by atoms with E-state index in [0.717, 1.165) is 16.3 Å². The summed E-state index contributed by atoms with van der Waals surface area (Å²) in [5.41, 5.74) is 6.69. The summed E-state index contributed by atoms with van der Waals surface area (Å²) in [6, 6.07) is 17.4. The second kappa shape index (κ2) is 9.84. The molecule has 0 spiro atoms. The maximum absolute atomic E-state index is 14.1. The Morgan fingerprint density at radius 2 is 1.45 bits per heavy atom. The molecular weight excluding hydrogens is 397 g/mol. The number of fused-ring (bicyclic) bond motifs is 1. The standard InChI is InChI=1S/C24H24FN3O3/c1-15(29)27-22(14-18-8-3-5-12-20(18)25)24(31)28-21(23(26)30)13-17-10-6-9-16-7-2-4-11-19(16)17/h2-12,21-22H,13-14H2,1H3,(H2,26,30)(H,27,29)(H,28,31)/t21-,22+/m1/s1. The zero-order chi connectivity index (χ0) is 22.4. The highest BCUT2D eigenvalue weighted by Gasteiger charge is 2.26. The van der Waals surface area contributed by atoms with Gasteiger partial charge in [-0.05, 0) is 28.0 Å². The predicted molar refractivity (Wildman–Crippen MR) is 116 cm³/mol. The fourth-order valence-electron chi connectivity index (χ4n) is 3.52. The monoisotopic (exact) mass is 421 g/mol. The summed E-state index contributed by atoms with van der Waals surface area (Å²) >= 11 is 0. The number of carbonyl (C=O) groups excluding carboxylic acids is 3. The van der Waals surface area contributed by atoms with Gasteiger partial charge in [0.25, 0.3) is 0 Å². The lowest BCUT2D eigenvalue weighted by molar-refractivity contribution is -0.130. The first-order valence-electron chi connectivity index (χ1n) is 9.92. The van der Waals surface area contributed by atoms with E-state index in [1.165, 1.54) is 13.0 Å². The third kappa shape index (κ3) is 5.66. The second-order valence-electron chi connectivity index (χ2n) is 7.35. The summed E-state index contributed by atoms with van der Waals surface area (Å²) < 4.78 is 14.1. The molecule has 0 saturated carbocycles. The quantitative estimate of drug-likeness (QED) is 0.520. The minimum absolute atomic E-state index is 0.0577. The van der Waals surface area contributed by atoms with Gasteiger partial charge in [0, 0.05) is 19.8 Å². The molecule has 0 aliphatic rings. The first-order valence-corrected chi connectivity index (χ1v) is 9.92. The van der Waals surface area contributed by atoms with Crippen molar-refractivity contribution in [2.75, 3.05) is 0 Å². The highest BCUT2D eigenvalue weighted by molar-refractivity contribution is 5.92. The highest BCUT2D eigenvalue weighted by atomic mass is 19.1. The van der Waals surface area contributed by atoms with Crippen molar-refractivity contribution in [3.63, 3.8) is 0 Å². The van der Waals surface area contributed by atoms with E-state index >= 15 is 0 Å². The molecule has 6 nitrogen and oxygen atoms in total. The Labute approximate surface area is 179 Å². The maximum Gasteiger partial charge on any atom is 0.243 e. The molecular formula is C24H24FN3O3. The molecule has 3 rings (SSSR count). The number of hydrogen-bond acceptors (Lipinski definition) is 3. The van der Waals surface area contributed by atoms with Crippen LogP contribution in [0.15, 0.2) is 66.7 Å². The van der Waals surface area contributed by atoms with Crippen LogP contribution < -0.4 is 16.4 Å². The van der Waals surface area contributed by atoms with Crippen LogP contribution in [0.3, 0.4) is 0 Å². The van der Waals surface area contributed by atoms with Crippen LogP contribution in [-0.4, -0.2) is 29.8 Å². The van der Waals surface area contributed by atoms with Crippen LogP contribution in [0.4, 0.5) is 4.39 Å². The third-order valence-corrected chi connectivity index (χ3v) is 5.04. The molecule has 0 radical (unpaired) electrons. The van der Waals surface area contributed by atoms with E-state index in [1.54, 1.807) is 18.2 Å². The Kier molecular flexibility index (Phi) is 6.97. The second-order valence-corrected chi connectivity index (χ2v) is 7.35. The van der Waals surface area contributed by atoms with Gasteiger partial charge >= 0.3 is 0 Å². The fourth-order valence-corrected chi connectivity index (χ4v) is 3.52. The zero-order valence-corrected chi connectivity index (χ0v) is 17.1. The Morgan fingerprint density at radius 1 is 0.839 bits per heavy atom. The van der Waals surface area contributed by atoms with Gasteiger partial charge in [-0.15, -0.1) is 0 Å². The fraction of sp³-hybridized carbons (Fsp3) is 0.208. The Balaban J connectivity index is 1.81. The Bertz CT molecular complexity index is 1110. The van der Waals surface area contributed by atoms with Crippen molar-refractivity contribution in [2.24, 2.45) is 5.73 Å². The minimum Gasteiger partial charge on any atom is -0.368 e. The van der Waals surface area contributed by atoms with Crippen LogP contribution in [-0.2, 0) is 27.2 Å². The van der Waals surface area contributed by atoms with Crippen molar-refractivity contribution >= 4 is 28.5 Å². The number of amides is 3. The molecule has 2 atom stereocenters. The van der Waals surface area contributed by atoms with Gasteiger partial charge in [0.1, 0.15) is 17.9 Å². The molecule has 0 unspecified atom stereocenters. The van der Waals surface area contributed by atoms with Gasteiger partial charge in [0.05, 0.1) is 0 Å². The van der Waals surface area contributed by atoms with Crippen LogP contribution in [0, 0.1) is 5.82 Å². The number of hydrogen-bond donors (Lipinski definition) is 3. The number of carbonyl (C=O) groups is 3. The molecule has 4 N–H and O–H groups in total. The number of rotatable bonds is 8. The first-order chi connectivity index (χ1) is 14.8. The largest absolute Gasteiger partial charge is 0.368 e. The van der Waals surface area contributed by atoms with Crippen LogP contribution in [0.1, 0.15) is 18.1 Å². The molecule has 3 amide bonds. The van der Waals surface area contributed by atoms with E-state index in [2.05, 4.69) is 10.6 Å². The molecule has 0 aromatic heterocycles. The Hall–Kier alpha value is -3.74. The van der Waals surface area contributed by atoms with Crippen LogP contribution >= 0.6 is 0 Å². The molecule has 0 aliphatic heterocycles. The molecule has 0 aliphatic carbocycles. The molecule has 0 bridgehead atoms. The number of benzene rings is 3. The van der Waals surface area contributed by atoms with Gasteiger partial charge in [0.2, 0.25) is 17.7 Å². The van der Waals surface area contributed by atoms with Crippen LogP contribution in [0.25, 0.3) is 10.8 Å². The number of primary amides is 1. The van der Waals surface area contributed by atoms with Crippen LogP contribution in [0.5, 0.6) is 0 Å². The van der Waals surface area contributed by atoms with Crippen molar-refractivity contribution in [2.45, 2.75) is 31.8 Å². The lowest BCUT2D eigenvalue weighted by atomic mass is 9.98. The average Bonchev–Trinajstić information content (AvgIpc) is 2.74. The predicted octanol–water partition coefficient (Wildman–Crippen LogP) is 2.24. The molecule has 160 valence electrons. The Morgan fingerprint density at radius 3 is 2.16 bits per heavy atom. The highest BCUT2D eigenvalue weighted by Crippen LogP contribution is 2.20. The van der Waals surface area contributed by atoms with E-state index < -0.39 is 35.6 Å². The molecule has 0 saturated heterocycles. The molecule has 31 heavy (non-hydrogen) atoms. The minimum atomic E-state index is -1.05. The maximum atomic E-state index is 14.1. The molecule has 7 heteroatoms. The van der Waals surface area contributed by atoms with Crippen molar-refractivity contribution in [1.29, 1.82) is 0 Å². The topological polar surface area (TPSA) is 101 Å². The molecule has 0 heterocycles. The number of nitrogens with one attached hydrogen (secondary N) is 2. The van der Waals surface area contributed by atoms with Gasteiger partial charge in [0.15, 0.2) is 0 Å². The average molecular weight is 421 g/mol. The summed E-state index contributed by atoms with van der Waals surface area (Å²) in [5, 5.41) is 7.11. The summed E-state index contributed by atoms with van der Waals surface area (Å²) in [6.45, 7) is 1.27. The third-order valence-electron chi connectivity index (χ3n) is 5.04.